The second-order valence-electron chi connectivity index (χ2n) is 5.71. The van der Waals surface area contributed by atoms with Crippen molar-refractivity contribution in [3.8, 4) is 0 Å². The number of rotatable bonds is 7. The number of ether oxygens (including phenoxy) is 2. The normalized spacial score (nSPS) is 23.0. The number of carbonyl (C=O) groups excluding carboxylic acids is 1. The lowest BCUT2D eigenvalue weighted by Gasteiger charge is -2.21. The summed E-state index contributed by atoms with van der Waals surface area (Å²) in [5, 5.41) is 3.44. The Morgan fingerprint density at radius 2 is 2.10 bits per heavy atom. The van der Waals surface area contributed by atoms with Gasteiger partial charge in [0.2, 0.25) is 0 Å². The Morgan fingerprint density at radius 3 is 2.81 bits per heavy atom. The van der Waals surface area contributed by atoms with Crippen molar-refractivity contribution in [1.29, 1.82) is 0 Å². The van der Waals surface area contributed by atoms with E-state index in [-0.39, 0.29) is 18.0 Å². The summed E-state index contributed by atoms with van der Waals surface area (Å²) < 4.78 is 10.8. The van der Waals surface area contributed by atoms with Gasteiger partial charge in [-0.1, -0.05) is 37.3 Å². The molecule has 4 nitrogen and oxygen atoms in total. The number of benzene rings is 1. The largest absolute Gasteiger partial charge is 0.461 e. The molecule has 0 bridgehead atoms. The number of methoxy groups -OCH3 is 1. The first-order valence-corrected chi connectivity index (χ1v) is 7.67. The number of carbonyl (C=O) groups is 1. The van der Waals surface area contributed by atoms with Gasteiger partial charge in [-0.15, -0.1) is 0 Å². The van der Waals surface area contributed by atoms with Crippen LogP contribution in [0.5, 0.6) is 0 Å². The zero-order valence-electron chi connectivity index (χ0n) is 12.9. The second kappa shape index (κ2) is 8.15. The maximum Gasteiger partial charge on any atom is 0.310 e. The predicted molar refractivity (Wildman–Crippen MR) is 81.8 cm³/mol. The lowest BCUT2D eigenvalue weighted by Crippen LogP contribution is -2.40. The number of hydrogen-bond donors (Lipinski definition) is 1. The highest BCUT2D eigenvalue weighted by Gasteiger charge is 2.27. The summed E-state index contributed by atoms with van der Waals surface area (Å²) in [6.07, 6.45) is 3.67. The van der Waals surface area contributed by atoms with Crippen LogP contribution < -0.4 is 5.32 Å². The highest BCUT2D eigenvalue weighted by Crippen LogP contribution is 2.21. The quantitative estimate of drug-likeness (QED) is 0.784. The van der Waals surface area contributed by atoms with Crippen molar-refractivity contribution < 1.29 is 14.3 Å². The molecule has 1 fully saturated rings. The summed E-state index contributed by atoms with van der Waals surface area (Å²) in [5.41, 5.74) is 1.02. The molecule has 3 atom stereocenters. The third kappa shape index (κ3) is 4.83. The molecule has 0 aromatic heterocycles. The molecular weight excluding hydrogens is 266 g/mol. The summed E-state index contributed by atoms with van der Waals surface area (Å²) in [5.74, 6) is -0.301. The molecule has 1 aliphatic rings. The van der Waals surface area contributed by atoms with Crippen molar-refractivity contribution in [2.24, 2.45) is 5.92 Å². The Balaban J connectivity index is 1.70. The average Bonchev–Trinajstić information content (AvgIpc) is 2.98. The molecule has 1 N–H and O–H groups in total. The van der Waals surface area contributed by atoms with E-state index in [1.54, 1.807) is 7.11 Å². The van der Waals surface area contributed by atoms with Gasteiger partial charge in [-0.3, -0.25) is 4.79 Å². The summed E-state index contributed by atoms with van der Waals surface area (Å²) in [4.78, 5) is 12.0. The van der Waals surface area contributed by atoms with Gasteiger partial charge in [0.05, 0.1) is 12.0 Å². The molecule has 21 heavy (non-hydrogen) atoms. The summed E-state index contributed by atoms with van der Waals surface area (Å²) >= 11 is 0. The van der Waals surface area contributed by atoms with Crippen LogP contribution in [0.25, 0.3) is 0 Å². The van der Waals surface area contributed by atoms with E-state index in [9.17, 15) is 4.79 Å². The molecular formula is C17H25NO3. The smallest absolute Gasteiger partial charge is 0.310 e. The minimum Gasteiger partial charge on any atom is -0.461 e. The molecule has 0 radical (unpaired) electrons. The van der Waals surface area contributed by atoms with Crippen LogP contribution in [-0.2, 0) is 20.9 Å². The third-order valence-corrected chi connectivity index (χ3v) is 4.07. The highest BCUT2D eigenvalue weighted by atomic mass is 16.5. The Kier molecular flexibility index (Phi) is 6.21. The first-order valence-electron chi connectivity index (χ1n) is 7.67. The van der Waals surface area contributed by atoms with Crippen LogP contribution in [0.3, 0.4) is 0 Å². The fourth-order valence-corrected chi connectivity index (χ4v) is 2.72. The summed E-state index contributed by atoms with van der Waals surface area (Å²) in [7, 11) is 1.75. The first-order chi connectivity index (χ1) is 10.2. The maximum absolute atomic E-state index is 12.0. The van der Waals surface area contributed by atoms with E-state index < -0.39 is 0 Å². The minimum atomic E-state index is -0.154. The van der Waals surface area contributed by atoms with Gasteiger partial charge in [0.15, 0.2) is 0 Å². The van der Waals surface area contributed by atoms with Crippen molar-refractivity contribution >= 4 is 5.97 Å². The lowest BCUT2D eigenvalue weighted by atomic mass is 10.1. The van der Waals surface area contributed by atoms with E-state index in [4.69, 9.17) is 9.47 Å². The Morgan fingerprint density at radius 1 is 1.33 bits per heavy atom. The van der Waals surface area contributed by atoms with Gasteiger partial charge in [0, 0.05) is 19.7 Å². The number of esters is 1. The van der Waals surface area contributed by atoms with Crippen molar-refractivity contribution in [3.63, 3.8) is 0 Å². The minimum absolute atomic E-state index is 0.146. The van der Waals surface area contributed by atoms with Gasteiger partial charge >= 0.3 is 5.97 Å². The molecule has 3 unspecified atom stereocenters. The van der Waals surface area contributed by atoms with Gasteiger partial charge < -0.3 is 14.8 Å². The second-order valence-corrected chi connectivity index (χ2v) is 5.71. The molecule has 1 aliphatic carbocycles. The van der Waals surface area contributed by atoms with Gasteiger partial charge in [0.1, 0.15) is 6.61 Å². The van der Waals surface area contributed by atoms with E-state index in [1.807, 2.05) is 37.3 Å². The molecule has 0 heterocycles. The highest BCUT2D eigenvalue weighted by molar-refractivity contribution is 5.72. The molecule has 0 saturated heterocycles. The molecule has 116 valence electrons. The zero-order valence-corrected chi connectivity index (χ0v) is 12.9. The molecule has 0 amide bonds. The van der Waals surface area contributed by atoms with Crippen LogP contribution >= 0.6 is 0 Å². The van der Waals surface area contributed by atoms with Crippen LogP contribution in [0.15, 0.2) is 30.3 Å². The van der Waals surface area contributed by atoms with Crippen LogP contribution in [0.2, 0.25) is 0 Å². The molecule has 4 heteroatoms. The molecule has 0 spiro atoms. The first kappa shape index (κ1) is 16.0. The SMILES string of the molecule is COC1CCCC1NCC(C)C(=O)OCc1ccccc1. The van der Waals surface area contributed by atoms with Gasteiger partial charge in [0.25, 0.3) is 0 Å². The molecule has 1 aromatic rings. The van der Waals surface area contributed by atoms with Crippen LogP contribution in [-0.4, -0.2) is 31.8 Å². The summed E-state index contributed by atoms with van der Waals surface area (Å²) in [6, 6.07) is 10.1. The Hall–Kier alpha value is -1.39. The van der Waals surface area contributed by atoms with Crippen LogP contribution in [0.1, 0.15) is 31.7 Å². The van der Waals surface area contributed by atoms with Crippen LogP contribution in [0.4, 0.5) is 0 Å². The predicted octanol–water partition coefficient (Wildman–Crippen LogP) is 2.52. The number of hydrogen-bond acceptors (Lipinski definition) is 4. The van der Waals surface area contributed by atoms with E-state index in [0.717, 1.165) is 18.4 Å². The zero-order chi connectivity index (χ0) is 15.1. The molecule has 2 rings (SSSR count). The van der Waals surface area contributed by atoms with E-state index in [0.29, 0.717) is 19.2 Å². The monoisotopic (exact) mass is 291 g/mol. The topological polar surface area (TPSA) is 47.6 Å². The van der Waals surface area contributed by atoms with E-state index in [1.165, 1.54) is 6.42 Å². The molecule has 1 aromatic carbocycles. The van der Waals surface area contributed by atoms with Gasteiger partial charge in [-0.2, -0.15) is 0 Å². The van der Waals surface area contributed by atoms with Gasteiger partial charge in [-0.25, -0.2) is 0 Å². The Bertz CT molecular complexity index is 435. The van der Waals surface area contributed by atoms with Crippen molar-refractivity contribution in [2.45, 2.75) is 44.9 Å². The van der Waals surface area contributed by atoms with Crippen LogP contribution in [0, 0.1) is 5.92 Å². The summed E-state index contributed by atoms with van der Waals surface area (Å²) in [6.45, 7) is 2.88. The average molecular weight is 291 g/mol. The molecule has 0 aliphatic heterocycles. The molecule has 1 saturated carbocycles. The number of nitrogens with one attached hydrogen (secondary N) is 1. The standard InChI is InChI=1S/C17H25NO3/c1-13(11-18-15-9-6-10-16(15)20-2)17(19)21-12-14-7-4-3-5-8-14/h3-5,7-8,13,15-16,18H,6,9-12H2,1-2H3. The maximum atomic E-state index is 12.0. The Labute approximate surface area is 126 Å². The van der Waals surface area contributed by atoms with Gasteiger partial charge in [-0.05, 0) is 24.8 Å². The van der Waals surface area contributed by atoms with Crippen molar-refractivity contribution in [3.05, 3.63) is 35.9 Å². The van der Waals surface area contributed by atoms with Crippen molar-refractivity contribution in [2.75, 3.05) is 13.7 Å². The van der Waals surface area contributed by atoms with Crippen molar-refractivity contribution in [1.82, 2.24) is 5.32 Å². The fraction of sp³-hybridized carbons (Fsp3) is 0.588. The fourth-order valence-electron chi connectivity index (χ4n) is 2.72. The third-order valence-electron chi connectivity index (χ3n) is 4.07. The van der Waals surface area contributed by atoms with E-state index in [2.05, 4.69) is 5.32 Å². The van der Waals surface area contributed by atoms with E-state index >= 15 is 0 Å². The lowest BCUT2D eigenvalue weighted by molar-refractivity contribution is -0.149.